The van der Waals surface area contributed by atoms with Gasteiger partial charge in [0.05, 0.1) is 16.6 Å². The number of benzene rings is 1. The van der Waals surface area contributed by atoms with Gasteiger partial charge in [-0.1, -0.05) is 0 Å². The Morgan fingerprint density at radius 1 is 1.25 bits per heavy atom. The smallest absolute Gasteiger partial charge is 0.347 e. The second-order valence-corrected chi connectivity index (χ2v) is 8.31. The number of rotatable bonds is 5. The van der Waals surface area contributed by atoms with Crippen LogP contribution >= 0.6 is 11.3 Å². The number of carboxylic acid groups (broad SMARTS) is 1. The quantitative estimate of drug-likeness (QED) is 0.835. The molecule has 2 N–H and O–H groups in total. The fraction of sp³-hybridized carbons (Fsp3) is 0.267. The van der Waals surface area contributed by atoms with Crippen molar-refractivity contribution in [2.75, 3.05) is 6.26 Å². The van der Waals surface area contributed by atoms with E-state index in [-0.39, 0.29) is 9.77 Å². The van der Waals surface area contributed by atoms with E-state index in [1.807, 2.05) is 0 Å². The molecule has 0 aliphatic rings. The molecule has 9 heteroatoms. The third-order valence-electron chi connectivity index (χ3n) is 3.27. The van der Waals surface area contributed by atoms with E-state index in [0.29, 0.717) is 16.3 Å². The number of aromatic nitrogens is 1. The van der Waals surface area contributed by atoms with Crippen LogP contribution in [0.2, 0.25) is 0 Å². The molecule has 0 saturated heterocycles. The van der Waals surface area contributed by atoms with E-state index >= 15 is 0 Å². The van der Waals surface area contributed by atoms with E-state index in [2.05, 4.69) is 10.3 Å². The Hall–Kier alpha value is -2.26. The molecule has 24 heavy (non-hydrogen) atoms. The number of carboxylic acids is 1. The van der Waals surface area contributed by atoms with Crippen LogP contribution in [0.3, 0.4) is 0 Å². The van der Waals surface area contributed by atoms with E-state index in [4.69, 9.17) is 5.11 Å². The van der Waals surface area contributed by atoms with Crippen molar-refractivity contribution in [3.05, 3.63) is 45.4 Å². The SMILES string of the molecule is Cc1nc(C(C)NC(=O)c2ccc(S(C)(=O)=O)cc2)sc1C(=O)O. The Bertz CT molecular complexity index is 885. The van der Waals surface area contributed by atoms with Crippen LogP contribution in [0.4, 0.5) is 0 Å². The molecule has 0 spiro atoms. The van der Waals surface area contributed by atoms with E-state index in [0.717, 1.165) is 17.6 Å². The van der Waals surface area contributed by atoms with Crippen molar-refractivity contribution in [1.82, 2.24) is 10.3 Å². The predicted octanol–water partition coefficient (Wildman–Crippen LogP) is 2.04. The summed E-state index contributed by atoms with van der Waals surface area (Å²) in [6.45, 7) is 3.30. The van der Waals surface area contributed by atoms with Crippen LogP contribution < -0.4 is 5.32 Å². The molecular weight excluding hydrogens is 352 g/mol. The first-order chi connectivity index (χ1) is 11.1. The maximum atomic E-state index is 12.2. The number of amides is 1. The molecule has 1 unspecified atom stereocenters. The minimum Gasteiger partial charge on any atom is -0.477 e. The van der Waals surface area contributed by atoms with Crippen molar-refractivity contribution in [3.8, 4) is 0 Å². The van der Waals surface area contributed by atoms with Gasteiger partial charge in [-0.3, -0.25) is 4.79 Å². The Morgan fingerprint density at radius 2 is 1.83 bits per heavy atom. The third kappa shape index (κ3) is 3.98. The van der Waals surface area contributed by atoms with Crippen molar-refractivity contribution in [3.63, 3.8) is 0 Å². The van der Waals surface area contributed by atoms with Gasteiger partial charge in [-0.05, 0) is 38.1 Å². The highest BCUT2D eigenvalue weighted by Crippen LogP contribution is 2.24. The van der Waals surface area contributed by atoms with E-state index in [1.54, 1.807) is 13.8 Å². The number of carbonyl (C=O) groups is 2. The summed E-state index contributed by atoms with van der Waals surface area (Å²) in [7, 11) is -3.32. The van der Waals surface area contributed by atoms with Crippen LogP contribution in [0, 0.1) is 6.92 Å². The van der Waals surface area contributed by atoms with E-state index in [1.165, 1.54) is 24.3 Å². The van der Waals surface area contributed by atoms with Crippen LogP contribution in [0.25, 0.3) is 0 Å². The van der Waals surface area contributed by atoms with Crippen LogP contribution in [0.15, 0.2) is 29.2 Å². The molecule has 7 nitrogen and oxygen atoms in total. The first-order valence-electron chi connectivity index (χ1n) is 6.91. The monoisotopic (exact) mass is 368 g/mol. The maximum absolute atomic E-state index is 12.2. The number of nitrogens with zero attached hydrogens (tertiary/aromatic N) is 1. The Morgan fingerprint density at radius 3 is 2.29 bits per heavy atom. The highest BCUT2D eigenvalue weighted by Gasteiger charge is 2.20. The summed E-state index contributed by atoms with van der Waals surface area (Å²) in [5.74, 6) is -1.45. The summed E-state index contributed by atoms with van der Waals surface area (Å²) in [6.07, 6.45) is 1.09. The average Bonchev–Trinajstić information content (AvgIpc) is 2.88. The lowest BCUT2D eigenvalue weighted by Crippen LogP contribution is -2.26. The summed E-state index contributed by atoms with van der Waals surface area (Å²) in [5, 5.41) is 12.3. The second-order valence-electron chi connectivity index (χ2n) is 5.26. The standard InChI is InChI=1S/C15H16N2O5S2/c1-8-12(15(19)20)23-14(17-8)9(2)16-13(18)10-4-6-11(7-5-10)24(3,21)22/h4-7,9H,1-3H3,(H,16,18)(H,19,20). The molecule has 0 radical (unpaired) electrons. The summed E-state index contributed by atoms with van der Waals surface area (Å²) < 4.78 is 22.8. The van der Waals surface area contributed by atoms with E-state index < -0.39 is 27.8 Å². The Labute approximate surface area is 143 Å². The molecule has 0 aliphatic heterocycles. The van der Waals surface area contributed by atoms with Crippen molar-refractivity contribution in [1.29, 1.82) is 0 Å². The molecule has 2 rings (SSSR count). The number of aryl methyl sites for hydroxylation is 1. The minimum atomic E-state index is -3.32. The number of carbonyl (C=O) groups excluding carboxylic acids is 1. The van der Waals surface area contributed by atoms with Gasteiger partial charge < -0.3 is 10.4 Å². The van der Waals surface area contributed by atoms with Gasteiger partial charge in [0, 0.05) is 11.8 Å². The number of nitrogens with one attached hydrogen (secondary N) is 1. The molecule has 0 fully saturated rings. The normalized spacial score (nSPS) is 12.6. The zero-order valence-corrected chi connectivity index (χ0v) is 14.9. The highest BCUT2D eigenvalue weighted by atomic mass is 32.2. The van der Waals surface area contributed by atoms with Gasteiger partial charge in [0.2, 0.25) is 0 Å². The molecule has 1 atom stereocenters. The van der Waals surface area contributed by atoms with Gasteiger partial charge in [-0.25, -0.2) is 18.2 Å². The number of hydrogen-bond donors (Lipinski definition) is 2. The van der Waals surface area contributed by atoms with E-state index in [9.17, 15) is 18.0 Å². The van der Waals surface area contributed by atoms with Crippen molar-refractivity contribution >= 4 is 33.1 Å². The van der Waals surface area contributed by atoms with Gasteiger partial charge in [-0.15, -0.1) is 11.3 Å². The fourth-order valence-electron chi connectivity index (χ4n) is 2.00. The first kappa shape index (κ1) is 18.1. The lowest BCUT2D eigenvalue weighted by atomic mass is 10.2. The van der Waals surface area contributed by atoms with Crippen molar-refractivity contribution < 1.29 is 23.1 Å². The molecular formula is C15H16N2O5S2. The minimum absolute atomic E-state index is 0.133. The van der Waals surface area contributed by atoms with Gasteiger partial charge in [0.1, 0.15) is 9.88 Å². The number of sulfone groups is 1. The highest BCUT2D eigenvalue weighted by molar-refractivity contribution is 7.90. The molecule has 2 aromatic rings. The summed E-state index contributed by atoms with van der Waals surface area (Å²) in [4.78, 5) is 27.7. The summed E-state index contributed by atoms with van der Waals surface area (Å²) in [6, 6.07) is 5.11. The van der Waals surface area contributed by atoms with Crippen LogP contribution in [0.5, 0.6) is 0 Å². The number of thiazole rings is 1. The summed E-state index contributed by atoms with van der Waals surface area (Å²) in [5.41, 5.74) is 0.710. The maximum Gasteiger partial charge on any atom is 0.347 e. The van der Waals surface area contributed by atoms with Crippen LogP contribution in [-0.2, 0) is 9.84 Å². The lowest BCUT2D eigenvalue weighted by molar-refractivity contribution is 0.0700. The molecule has 128 valence electrons. The third-order valence-corrected chi connectivity index (χ3v) is 5.73. The van der Waals surface area contributed by atoms with Gasteiger partial charge in [0.25, 0.3) is 5.91 Å². The first-order valence-corrected chi connectivity index (χ1v) is 9.62. The largest absolute Gasteiger partial charge is 0.477 e. The van der Waals surface area contributed by atoms with Crippen LogP contribution in [-0.4, -0.2) is 36.6 Å². The molecule has 0 saturated carbocycles. The lowest BCUT2D eigenvalue weighted by Gasteiger charge is -2.11. The zero-order chi connectivity index (χ0) is 18.1. The Kier molecular flexibility index (Phi) is 5.05. The summed E-state index contributed by atoms with van der Waals surface area (Å²) >= 11 is 1.01. The average molecular weight is 368 g/mol. The Balaban J connectivity index is 2.14. The second kappa shape index (κ2) is 6.70. The zero-order valence-electron chi connectivity index (χ0n) is 13.2. The van der Waals surface area contributed by atoms with Gasteiger partial charge in [0.15, 0.2) is 9.84 Å². The molecule has 0 aliphatic carbocycles. The number of aromatic carboxylic acids is 1. The molecule has 1 amide bonds. The van der Waals surface area contributed by atoms with Gasteiger partial charge in [-0.2, -0.15) is 0 Å². The predicted molar refractivity (Wildman–Crippen MR) is 89.2 cm³/mol. The fourth-order valence-corrected chi connectivity index (χ4v) is 3.53. The topological polar surface area (TPSA) is 113 Å². The molecule has 1 aromatic carbocycles. The van der Waals surface area contributed by atoms with Crippen molar-refractivity contribution in [2.45, 2.75) is 24.8 Å². The molecule has 1 heterocycles. The van der Waals surface area contributed by atoms with Gasteiger partial charge >= 0.3 is 5.97 Å². The molecule has 0 bridgehead atoms. The number of hydrogen-bond acceptors (Lipinski definition) is 6. The van der Waals surface area contributed by atoms with Crippen LogP contribution in [0.1, 0.15) is 43.7 Å². The molecule has 1 aromatic heterocycles. The van der Waals surface area contributed by atoms with Crippen molar-refractivity contribution in [2.24, 2.45) is 0 Å².